The van der Waals surface area contributed by atoms with Crippen molar-refractivity contribution in [3.63, 3.8) is 0 Å². The smallest absolute Gasteiger partial charge is 0.258 e. The van der Waals surface area contributed by atoms with Crippen LogP contribution in [0.2, 0.25) is 0 Å². The van der Waals surface area contributed by atoms with Crippen LogP contribution >= 0.6 is 11.3 Å². The number of benzene rings is 3. The molecular formula is C28H25N3O3S. The second kappa shape index (κ2) is 10.1. The van der Waals surface area contributed by atoms with Crippen LogP contribution in [0.15, 0.2) is 78.2 Å². The molecule has 7 heteroatoms. The Morgan fingerprint density at radius 2 is 1.80 bits per heavy atom. The number of fused-ring (bicyclic) bond motifs is 1. The highest BCUT2D eigenvalue weighted by Crippen LogP contribution is 2.32. The van der Waals surface area contributed by atoms with Crippen LogP contribution in [0.5, 0.6) is 5.75 Å². The zero-order valence-electron chi connectivity index (χ0n) is 19.4. The van der Waals surface area contributed by atoms with E-state index < -0.39 is 0 Å². The molecule has 1 aromatic heterocycles. The topological polar surface area (TPSA) is 71.5 Å². The average Bonchev–Trinajstić information content (AvgIpc) is 3.52. The van der Waals surface area contributed by atoms with E-state index in [0.717, 1.165) is 28.4 Å². The molecule has 3 aromatic carbocycles. The molecule has 0 fully saturated rings. The molecule has 5 rings (SSSR count). The van der Waals surface area contributed by atoms with Gasteiger partial charge in [0.2, 0.25) is 5.91 Å². The summed E-state index contributed by atoms with van der Waals surface area (Å²) >= 11 is 1.49. The second-order valence-corrected chi connectivity index (χ2v) is 9.07. The lowest BCUT2D eigenvalue weighted by Gasteiger charge is -2.17. The van der Waals surface area contributed by atoms with E-state index in [-0.39, 0.29) is 18.2 Å². The van der Waals surface area contributed by atoms with Crippen molar-refractivity contribution in [1.82, 2.24) is 4.98 Å². The highest BCUT2D eigenvalue weighted by molar-refractivity contribution is 7.13. The summed E-state index contributed by atoms with van der Waals surface area (Å²) in [6, 6.07) is 22.8. The van der Waals surface area contributed by atoms with Gasteiger partial charge in [0.1, 0.15) is 10.8 Å². The van der Waals surface area contributed by atoms with Crippen LogP contribution < -0.4 is 15.0 Å². The van der Waals surface area contributed by atoms with Gasteiger partial charge in [-0.3, -0.25) is 9.59 Å². The first kappa shape index (κ1) is 22.8. The number of nitrogens with zero attached hydrogens (tertiary/aromatic N) is 2. The number of amides is 2. The lowest BCUT2D eigenvalue weighted by atomic mass is 10.1. The van der Waals surface area contributed by atoms with Gasteiger partial charge < -0.3 is 15.0 Å². The minimum atomic E-state index is -0.160. The number of ether oxygens (including phenoxy) is 1. The van der Waals surface area contributed by atoms with Crippen LogP contribution in [-0.2, 0) is 17.6 Å². The Balaban J connectivity index is 1.21. The van der Waals surface area contributed by atoms with Crippen LogP contribution in [0, 0.1) is 0 Å². The summed E-state index contributed by atoms with van der Waals surface area (Å²) in [5.41, 5.74) is 5.03. The van der Waals surface area contributed by atoms with Gasteiger partial charge >= 0.3 is 0 Å². The summed E-state index contributed by atoms with van der Waals surface area (Å²) < 4.78 is 5.70. The quantitative estimate of drug-likeness (QED) is 0.372. The summed E-state index contributed by atoms with van der Waals surface area (Å²) in [4.78, 5) is 32.1. The van der Waals surface area contributed by atoms with Crippen molar-refractivity contribution >= 4 is 34.5 Å². The van der Waals surface area contributed by atoms with Crippen LogP contribution in [0.3, 0.4) is 0 Å². The van der Waals surface area contributed by atoms with Crippen molar-refractivity contribution in [2.24, 2.45) is 0 Å². The summed E-state index contributed by atoms with van der Waals surface area (Å²) in [6.07, 6.45) is 1.03. The molecule has 6 nitrogen and oxygen atoms in total. The fourth-order valence-corrected chi connectivity index (χ4v) is 5.06. The number of thiazole rings is 1. The van der Waals surface area contributed by atoms with Crippen LogP contribution in [-0.4, -0.2) is 29.9 Å². The normalized spacial score (nSPS) is 12.3. The van der Waals surface area contributed by atoms with Gasteiger partial charge in [-0.25, -0.2) is 4.98 Å². The van der Waals surface area contributed by atoms with Crippen molar-refractivity contribution < 1.29 is 14.3 Å². The van der Waals surface area contributed by atoms with Gasteiger partial charge in [-0.1, -0.05) is 30.3 Å². The predicted molar refractivity (Wildman–Crippen MR) is 139 cm³/mol. The van der Waals surface area contributed by atoms with Crippen molar-refractivity contribution in [3.8, 4) is 16.3 Å². The molecule has 0 bridgehead atoms. The van der Waals surface area contributed by atoms with E-state index >= 15 is 0 Å². The van der Waals surface area contributed by atoms with Crippen molar-refractivity contribution in [2.45, 2.75) is 19.8 Å². The molecule has 2 heterocycles. The zero-order chi connectivity index (χ0) is 24.2. The monoisotopic (exact) mass is 483 g/mol. The van der Waals surface area contributed by atoms with Gasteiger partial charge in [0, 0.05) is 28.9 Å². The second-order valence-electron chi connectivity index (χ2n) is 8.21. The van der Waals surface area contributed by atoms with Crippen molar-refractivity contribution in [1.29, 1.82) is 0 Å². The van der Waals surface area contributed by atoms with Crippen molar-refractivity contribution in [2.75, 3.05) is 23.4 Å². The summed E-state index contributed by atoms with van der Waals surface area (Å²) in [6.45, 7) is 3.21. The maximum absolute atomic E-state index is 13.0. The third-order valence-corrected chi connectivity index (χ3v) is 6.78. The Kier molecular flexibility index (Phi) is 6.59. The number of para-hydroxylation sites is 2. The number of rotatable bonds is 7. The fourth-order valence-electron chi connectivity index (χ4n) is 4.21. The summed E-state index contributed by atoms with van der Waals surface area (Å²) in [5, 5.41) is 5.62. The minimum absolute atomic E-state index is 0.0323. The molecule has 0 saturated heterocycles. The highest BCUT2D eigenvalue weighted by Gasteiger charge is 2.25. The third kappa shape index (κ3) is 4.95. The molecule has 1 aliphatic heterocycles. The molecule has 2 amide bonds. The highest BCUT2D eigenvalue weighted by atomic mass is 32.1. The Bertz CT molecular complexity index is 1360. The first-order valence-corrected chi connectivity index (χ1v) is 12.5. The van der Waals surface area contributed by atoms with Crippen molar-refractivity contribution in [3.05, 3.63) is 95.0 Å². The molecule has 35 heavy (non-hydrogen) atoms. The molecule has 0 aliphatic carbocycles. The van der Waals surface area contributed by atoms with Crippen LogP contribution in [0.25, 0.3) is 10.6 Å². The molecule has 0 spiro atoms. The Hall–Kier alpha value is -3.97. The SMILES string of the molecule is CCOc1ccccc1-c1nc(CC(=O)Nc2ccc(C(=O)N3CCc4ccccc43)cc2)cs1. The maximum Gasteiger partial charge on any atom is 0.258 e. The molecule has 0 atom stereocenters. The molecule has 1 aliphatic rings. The molecule has 1 N–H and O–H groups in total. The van der Waals surface area contributed by atoms with E-state index in [4.69, 9.17) is 4.74 Å². The number of anilines is 2. The van der Waals surface area contributed by atoms with E-state index in [1.807, 2.05) is 59.7 Å². The van der Waals surface area contributed by atoms with Gasteiger partial charge in [0.15, 0.2) is 0 Å². The third-order valence-electron chi connectivity index (χ3n) is 5.86. The van der Waals surface area contributed by atoms with E-state index in [0.29, 0.717) is 30.1 Å². The molecule has 4 aromatic rings. The first-order chi connectivity index (χ1) is 17.1. The van der Waals surface area contributed by atoms with Gasteiger partial charge in [0.25, 0.3) is 5.91 Å². The largest absolute Gasteiger partial charge is 0.493 e. The van der Waals surface area contributed by atoms with Gasteiger partial charge in [-0.2, -0.15) is 0 Å². The molecule has 0 saturated carbocycles. The molecular weight excluding hydrogens is 458 g/mol. The Morgan fingerprint density at radius 1 is 1.03 bits per heavy atom. The van der Waals surface area contributed by atoms with E-state index in [1.54, 1.807) is 24.3 Å². The van der Waals surface area contributed by atoms with Crippen LogP contribution in [0.1, 0.15) is 28.5 Å². The maximum atomic E-state index is 13.0. The van der Waals surface area contributed by atoms with Crippen LogP contribution in [0.4, 0.5) is 11.4 Å². The first-order valence-electron chi connectivity index (χ1n) is 11.6. The standard InChI is InChI=1S/C28H25N3O3S/c1-2-34-25-10-6-4-8-23(25)27-30-22(18-35-27)17-26(32)29-21-13-11-20(12-14-21)28(33)31-16-15-19-7-3-5-9-24(19)31/h3-14,18H,2,15-17H2,1H3,(H,29,32). The number of nitrogens with one attached hydrogen (secondary N) is 1. The summed E-state index contributed by atoms with van der Waals surface area (Å²) in [7, 11) is 0. The van der Waals surface area contributed by atoms with E-state index in [1.165, 1.54) is 16.9 Å². The van der Waals surface area contributed by atoms with Gasteiger partial charge in [-0.15, -0.1) is 11.3 Å². The Morgan fingerprint density at radius 3 is 2.63 bits per heavy atom. The predicted octanol–water partition coefficient (Wildman–Crippen LogP) is 5.59. The molecule has 0 radical (unpaired) electrons. The lowest BCUT2D eigenvalue weighted by molar-refractivity contribution is -0.115. The number of carbonyl (C=O) groups is 2. The zero-order valence-corrected chi connectivity index (χ0v) is 20.2. The average molecular weight is 484 g/mol. The Labute approximate surface area is 208 Å². The molecule has 0 unspecified atom stereocenters. The minimum Gasteiger partial charge on any atom is -0.493 e. The number of hydrogen-bond acceptors (Lipinski definition) is 5. The number of hydrogen-bond donors (Lipinski definition) is 1. The summed E-state index contributed by atoms with van der Waals surface area (Å²) in [5.74, 6) is 0.593. The number of aromatic nitrogens is 1. The molecule has 176 valence electrons. The van der Waals surface area contributed by atoms with Gasteiger partial charge in [0.05, 0.1) is 24.3 Å². The van der Waals surface area contributed by atoms with E-state index in [9.17, 15) is 9.59 Å². The fraction of sp³-hybridized carbons (Fsp3) is 0.179. The van der Waals surface area contributed by atoms with E-state index in [2.05, 4.69) is 16.4 Å². The number of carbonyl (C=O) groups excluding carboxylic acids is 2. The lowest BCUT2D eigenvalue weighted by Crippen LogP contribution is -2.28. The van der Waals surface area contributed by atoms with Gasteiger partial charge in [-0.05, 0) is 61.4 Å².